The molecular formula is C15H20F2N2O4S. The number of halogens is 2. The van der Waals surface area contributed by atoms with Crippen LogP contribution in [0.4, 0.5) is 14.5 Å². The molecule has 1 aromatic carbocycles. The normalized spacial score (nSPS) is 17.2. The van der Waals surface area contributed by atoms with Crippen LogP contribution in [0.3, 0.4) is 0 Å². The van der Waals surface area contributed by atoms with Gasteiger partial charge in [0.25, 0.3) is 0 Å². The second-order valence-corrected chi connectivity index (χ2v) is 7.64. The van der Waals surface area contributed by atoms with Crippen LogP contribution in [0.1, 0.15) is 12.8 Å². The van der Waals surface area contributed by atoms with Crippen LogP contribution >= 0.6 is 0 Å². The Morgan fingerprint density at radius 1 is 1.29 bits per heavy atom. The lowest BCUT2D eigenvalue weighted by Gasteiger charge is -2.30. The highest BCUT2D eigenvalue weighted by Gasteiger charge is 2.29. The van der Waals surface area contributed by atoms with Gasteiger partial charge >= 0.3 is 5.76 Å². The first-order chi connectivity index (χ1) is 11.3. The molecule has 0 atom stereocenters. The van der Waals surface area contributed by atoms with Gasteiger partial charge in [0.05, 0.1) is 17.1 Å². The maximum absolute atomic E-state index is 12.7. The van der Waals surface area contributed by atoms with Gasteiger partial charge in [-0.3, -0.25) is 9.69 Å². The number of sulfone groups is 1. The Hall–Kier alpha value is -1.58. The highest BCUT2D eigenvalue weighted by atomic mass is 32.2. The van der Waals surface area contributed by atoms with Crippen LogP contribution < -0.4 is 5.32 Å². The van der Waals surface area contributed by atoms with Gasteiger partial charge in [-0.1, -0.05) is 12.1 Å². The molecule has 1 aliphatic rings. The summed E-state index contributed by atoms with van der Waals surface area (Å²) >= 11 is 0. The van der Waals surface area contributed by atoms with Crippen molar-refractivity contribution in [2.24, 2.45) is 5.92 Å². The molecule has 1 aliphatic heterocycles. The van der Waals surface area contributed by atoms with Crippen LogP contribution in [-0.2, 0) is 14.6 Å². The molecule has 0 unspecified atom stereocenters. The van der Waals surface area contributed by atoms with E-state index >= 15 is 0 Å². The summed E-state index contributed by atoms with van der Waals surface area (Å²) in [5.41, 5.74) is -0.145. The second kappa shape index (κ2) is 8.00. The minimum absolute atomic E-state index is 0.0429. The van der Waals surface area contributed by atoms with Crippen molar-refractivity contribution < 1.29 is 27.1 Å². The number of carbonyl (C=O) groups excluding carboxylic acids is 1. The van der Waals surface area contributed by atoms with Gasteiger partial charge in [-0.15, -0.1) is 0 Å². The Labute approximate surface area is 139 Å². The minimum atomic E-state index is -4.79. The number of hydrogen-bond donors (Lipinski definition) is 2. The number of likely N-dealkylation sites (tertiary alicyclic amines) is 1. The molecule has 2 rings (SSSR count). The van der Waals surface area contributed by atoms with E-state index in [4.69, 9.17) is 5.11 Å². The summed E-state index contributed by atoms with van der Waals surface area (Å²) in [4.78, 5) is 13.4. The molecular weight excluding hydrogens is 342 g/mol. The second-order valence-electron chi connectivity index (χ2n) is 5.75. The van der Waals surface area contributed by atoms with E-state index in [1.807, 2.05) is 4.90 Å². The molecule has 0 spiro atoms. The molecule has 0 bridgehead atoms. The van der Waals surface area contributed by atoms with E-state index in [9.17, 15) is 22.0 Å². The van der Waals surface area contributed by atoms with Crippen molar-refractivity contribution in [3.05, 3.63) is 24.3 Å². The number of alkyl halides is 2. The lowest BCUT2D eigenvalue weighted by atomic mass is 9.98. The van der Waals surface area contributed by atoms with E-state index < -0.39 is 26.4 Å². The average molecular weight is 362 g/mol. The third-order valence-electron chi connectivity index (χ3n) is 4.03. The Balaban J connectivity index is 2.03. The van der Waals surface area contributed by atoms with Gasteiger partial charge in [-0.25, -0.2) is 8.42 Å². The van der Waals surface area contributed by atoms with Crippen LogP contribution in [-0.4, -0.2) is 56.3 Å². The molecule has 9 heteroatoms. The molecule has 0 aliphatic carbocycles. The number of para-hydroxylation sites is 1. The number of aliphatic hydroxyl groups is 1. The lowest BCUT2D eigenvalue weighted by molar-refractivity contribution is -0.117. The molecule has 1 fully saturated rings. The first-order valence-electron chi connectivity index (χ1n) is 7.58. The zero-order valence-corrected chi connectivity index (χ0v) is 13.8. The standard InChI is InChI=1S/C15H20F2N2O4S/c16-15(17)24(22,23)13-4-2-1-3-12(13)18-14(21)9-19-7-5-11(10-20)6-8-19/h1-4,11,15,20H,5-10H2,(H,18,21). The van der Waals surface area contributed by atoms with Gasteiger partial charge < -0.3 is 10.4 Å². The number of nitrogens with one attached hydrogen (secondary N) is 1. The van der Waals surface area contributed by atoms with Gasteiger partial charge in [0.1, 0.15) is 0 Å². The molecule has 0 saturated carbocycles. The van der Waals surface area contributed by atoms with Gasteiger partial charge in [0.15, 0.2) is 0 Å². The van der Waals surface area contributed by atoms with Crippen LogP contribution in [0.25, 0.3) is 0 Å². The number of hydrogen-bond acceptors (Lipinski definition) is 5. The summed E-state index contributed by atoms with van der Waals surface area (Å²) in [5, 5.41) is 11.5. The summed E-state index contributed by atoms with van der Waals surface area (Å²) < 4.78 is 48.8. The number of carbonyl (C=O) groups is 1. The first kappa shape index (κ1) is 18.8. The van der Waals surface area contributed by atoms with Gasteiger partial charge in [0.2, 0.25) is 15.7 Å². The summed E-state index contributed by atoms with van der Waals surface area (Å²) in [5.74, 6) is -3.77. The predicted molar refractivity (Wildman–Crippen MR) is 84.5 cm³/mol. The quantitative estimate of drug-likeness (QED) is 0.797. The van der Waals surface area contributed by atoms with Crippen molar-refractivity contribution in [2.45, 2.75) is 23.5 Å². The number of anilines is 1. The molecule has 1 aromatic rings. The maximum atomic E-state index is 12.7. The summed E-state index contributed by atoms with van der Waals surface area (Å²) in [6, 6.07) is 5.12. The molecule has 0 radical (unpaired) electrons. The minimum Gasteiger partial charge on any atom is -0.396 e. The molecule has 2 N–H and O–H groups in total. The molecule has 1 heterocycles. The monoisotopic (exact) mass is 362 g/mol. The average Bonchev–Trinajstić information content (AvgIpc) is 2.55. The fourth-order valence-corrected chi connectivity index (χ4v) is 3.52. The summed E-state index contributed by atoms with van der Waals surface area (Å²) in [6.07, 6.45) is 1.56. The number of rotatable bonds is 6. The fourth-order valence-electron chi connectivity index (χ4n) is 2.63. The predicted octanol–water partition coefficient (Wildman–Crippen LogP) is 1.33. The fraction of sp³-hybridized carbons (Fsp3) is 0.533. The molecule has 6 nitrogen and oxygen atoms in total. The van der Waals surface area contributed by atoms with Crippen LogP contribution in [0, 0.1) is 5.92 Å². The molecule has 0 aromatic heterocycles. The molecule has 24 heavy (non-hydrogen) atoms. The molecule has 1 amide bonds. The van der Waals surface area contributed by atoms with Crippen molar-refractivity contribution >= 4 is 21.4 Å². The molecule has 1 saturated heterocycles. The van der Waals surface area contributed by atoms with Crippen LogP contribution in [0.15, 0.2) is 29.2 Å². The van der Waals surface area contributed by atoms with E-state index in [0.29, 0.717) is 13.1 Å². The number of aliphatic hydroxyl groups excluding tert-OH is 1. The zero-order valence-electron chi connectivity index (χ0n) is 13.0. The van der Waals surface area contributed by atoms with Crippen molar-refractivity contribution in [1.29, 1.82) is 0 Å². The number of nitrogens with zero attached hydrogens (tertiary/aromatic N) is 1. The van der Waals surface area contributed by atoms with E-state index in [2.05, 4.69) is 5.32 Å². The van der Waals surface area contributed by atoms with E-state index in [0.717, 1.165) is 18.9 Å². The summed E-state index contributed by atoms with van der Waals surface area (Å²) in [6.45, 7) is 1.46. The third kappa shape index (κ3) is 4.49. The maximum Gasteiger partial charge on any atom is 0.341 e. The van der Waals surface area contributed by atoms with Crippen LogP contribution in [0.5, 0.6) is 0 Å². The number of amides is 1. The number of piperidine rings is 1. The van der Waals surface area contributed by atoms with E-state index in [-0.39, 0.29) is 24.8 Å². The van der Waals surface area contributed by atoms with Crippen molar-refractivity contribution in [3.8, 4) is 0 Å². The van der Waals surface area contributed by atoms with Crippen molar-refractivity contribution in [1.82, 2.24) is 4.90 Å². The van der Waals surface area contributed by atoms with Gasteiger partial charge in [0, 0.05) is 6.61 Å². The van der Waals surface area contributed by atoms with E-state index in [1.54, 1.807) is 0 Å². The van der Waals surface area contributed by atoms with Crippen molar-refractivity contribution in [3.63, 3.8) is 0 Å². The molecule has 134 valence electrons. The Bertz CT molecular complexity index is 674. The Kier molecular flexibility index (Phi) is 6.25. The first-order valence-corrected chi connectivity index (χ1v) is 9.13. The topological polar surface area (TPSA) is 86.7 Å². The highest BCUT2D eigenvalue weighted by molar-refractivity contribution is 7.91. The van der Waals surface area contributed by atoms with Crippen LogP contribution in [0.2, 0.25) is 0 Å². The largest absolute Gasteiger partial charge is 0.396 e. The third-order valence-corrected chi connectivity index (χ3v) is 5.47. The Morgan fingerprint density at radius 2 is 1.92 bits per heavy atom. The van der Waals surface area contributed by atoms with E-state index in [1.165, 1.54) is 18.2 Å². The van der Waals surface area contributed by atoms with Gasteiger partial charge in [-0.05, 0) is 44.0 Å². The zero-order chi connectivity index (χ0) is 17.7. The smallest absolute Gasteiger partial charge is 0.341 e. The summed E-state index contributed by atoms with van der Waals surface area (Å²) in [7, 11) is -4.79. The lowest BCUT2D eigenvalue weighted by Crippen LogP contribution is -2.40. The SMILES string of the molecule is O=C(CN1CCC(CO)CC1)Nc1ccccc1S(=O)(=O)C(F)F. The van der Waals surface area contributed by atoms with Crippen molar-refractivity contribution in [2.75, 3.05) is 31.6 Å². The highest BCUT2D eigenvalue weighted by Crippen LogP contribution is 2.26. The van der Waals surface area contributed by atoms with Gasteiger partial charge in [-0.2, -0.15) is 8.78 Å². The Morgan fingerprint density at radius 3 is 2.50 bits per heavy atom. The number of benzene rings is 1.